The maximum absolute atomic E-state index is 13.1. The van der Waals surface area contributed by atoms with Crippen LogP contribution in [0, 0.1) is 6.92 Å². The van der Waals surface area contributed by atoms with Gasteiger partial charge in [0, 0.05) is 18.0 Å². The number of aryl methyl sites for hydroxylation is 1. The Balaban J connectivity index is 1.48. The lowest BCUT2D eigenvalue weighted by Gasteiger charge is -2.27. The lowest BCUT2D eigenvalue weighted by Crippen LogP contribution is -2.27. The molecule has 2 aromatic heterocycles. The van der Waals surface area contributed by atoms with Crippen LogP contribution in [0.5, 0.6) is 5.75 Å². The number of rotatable bonds is 8. The number of halogens is 1. The predicted molar refractivity (Wildman–Crippen MR) is 158 cm³/mol. The first-order valence-corrected chi connectivity index (χ1v) is 15.8. The van der Waals surface area contributed by atoms with Crippen LogP contribution in [0.15, 0.2) is 23.5 Å². The highest BCUT2D eigenvalue weighted by molar-refractivity contribution is 7.92. The molecule has 216 valence electrons. The molecule has 4 heterocycles. The van der Waals surface area contributed by atoms with E-state index in [9.17, 15) is 8.42 Å². The van der Waals surface area contributed by atoms with E-state index >= 15 is 0 Å². The van der Waals surface area contributed by atoms with Crippen LogP contribution in [-0.4, -0.2) is 52.6 Å². The van der Waals surface area contributed by atoms with Gasteiger partial charge in [-0.3, -0.25) is 4.68 Å². The molecular formula is C28H38ClN7O3S. The lowest BCUT2D eigenvalue weighted by molar-refractivity contribution is 0.256. The maximum atomic E-state index is 13.1. The molecule has 0 bridgehead atoms. The van der Waals surface area contributed by atoms with Crippen molar-refractivity contribution in [3.05, 3.63) is 40.2 Å². The molecule has 5 rings (SSSR count). The van der Waals surface area contributed by atoms with Gasteiger partial charge in [-0.1, -0.05) is 11.6 Å². The number of aromatic nitrogens is 4. The summed E-state index contributed by atoms with van der Waals surface area (Å²) < 4.78 is 34.0. The molecule has 0 radical (unpaired) electrons. The topological polar surface area (TPSA) is 123 Å². The van der Waals surface area contributed by atoms with Crippen LogP contribution in [0.25, 0.3) is 0 Å². The van der Waals surface area contributed by atoms with E-state index in [0.29, 0.717) is 17.6 Å². The van der Waals surface area contributed by atoms with Crippen LogP contribution in [0.4, 0.5) is 23.1 Å². The number of piperidine rings is 1. The Bertz CT molecular complexity index is 1510. The van der Waals surface area contributed by atoms with Crippen molar-refractivity contribution in [1.82, 2.24) is 25.1 Å². The first-order valence-electron chi connectivity index (χ1n) is 13.9. The van der Waals surface area contributed by atoms with Gasteiger partial charge in [-0.25, -0.2) is 13.4 Å². The third-order valence-corrected chi connectivity index (χ3v) is 9.91. The summed E-state index contributed by atoms with van der Waals surface area (Å²) in [4.78, 5) is 9.01. The number of fused-ring (bicyclic) bond motifs is 1. The molecule has 0 amide bonds. The second-order valence-electron chi connectivity index (χ2n) is 11.3. The van der Waals surface area contributed by atoms with Gasteiger partial charge in [-0.2, -0.15) is 10.1 Å². The van der Waals surface area contributed by atoms with Gasteiger partial charge >= 0.3 is 0 Å². The molecule has 2 aliphatic rings. The average molecular weight is 588 g/mol. The number of ether oxygens (including phenoxy) is 1. The molecule has 2 aliphatic heterocycles. The van der Waals surface area contributed by atoms with Gasteiger partial charge in [0.2, 0.25) is 20.8 Å². The molecule has 3 aromatic rings. The van der Waals surface area contributed by atoms with Crippen molar-refractivity contribution in [2.75, 3.05) is 23.7 Å². The fraction of sp³-hybridized carbons (Fsp3) is 0.536. The Hall–Kier alpha value is -2.89. The van der Waals surface area contributed by atoms with E-state index < -0.39 is 15.1 Å². The number of benzene rings is 1. The summed E-state index contributed by atoms with van der Waals surface area (Å²) in [5.74, 6) is 1.96. The van der Waals surface area contributed by atoms with Crippen molar-refractivity contribution >= 4 is 44.6 Å². The van der Waals surface area contributed by atoms with Crippen molar-refractivity contribution < 1.29 is 13.2 Å². The Morgan fingerprint density at radius 1 is 1.15 bits per heavy atom. The summed E-state index contributed by atoms with van der Waals surface area (Å²) in [5.41, 5.74) is 5.01. The summed E-state index contributed by atoms with van der Waals surface area (Å²) in [7, 11) is -3.66. The van der Waals surface area contributed by atoms with Crippen LogP contribution in [0.1, 0.15) is 76.1 Å². The van der Waals surface area contributed by atoms with Crippen molar-refractivity contribution in [1.29, 1.82) is 0 Å². The van der Waals surface area contributed by atoms with Crippen molar-refractivity contribution in [2.24, 2.45) is 0 Å². The van der Waals surface area contributed by atoms with Crippen LogP contribution in [-0.2, 0) is 16.3 Å². The van der Waals surface area contributed by atoms with E-state index in [1.165, 1.54) is 22.9 Å². The van der Waals surface area contributed by atoms with Crippen molar-refractivity contribution in [3.63, 3.8) is 0 Å². The third-order valence-electron chi connectivity index (χ3n) is 7.55. The van der Waals surface area contributed by atoms with E-state index in [1.54, 1.807) is 24.7 Å². The number of hydrogen-bond acceptors (Lipinski definition) is 9. The summed E-state index contributed by atoms with van der Waals surface area (Å²) in [5, 5.41) is 13.8. The molecule has 1 atom stereocenters. The zero-order valence-corrected chi connectivity index (χ0v) is 25.4. The molecule has 0 spiro atoms. The van der Waals surface area contributed by atoms with Crippen LogP contribution in [0.2, 0.25) is 5.02 Å². The highest BCUT2D eigenvalue weighted by atomic mass is 35.5. The molecule has 1 saturated heterocycles. The summed E-state index contributed by atoms with van der Waals surface area (Å²) in [6, 6.07) is 2.08. The van der Waals surface area contributed by atoms with Crippen molar-refractivity contribution in [3.8, 4) is 5.75 Å². The molecular weight excluding hydrogens is 550 g/mol. The van der Waals surface area contributed by atoms with Gasteiger partial charge in [0.15, 0.2) is 5.82 Å². The Morgan fingerprint density at radius 3 is 2.55 bits per heavy atom. The molecule has 1 unspecified atom stereocenters. The number of hydrogen-bond donors (Lipinski definition) is 3. The second-order valence-corrected chi connectivity index (χ2v) is 14.1. The highest BCUT2D eigenvalue weighted by Crippen LogP contribution is 2.45. The summed E-state index contributed by atoms with van der Waals surface area (Å²) in [6.45, 7) is 13.4. The second kappa shape index (κ2) is 11.2. The zero-order chi connectivity index (χ0) is 28.8. The maximum Gasteiger partial charge on any atom is 0.229 e. The zero-order valence-electron chi connectivity index (χ0n) is 23.9. The smallest absolute Gasteiger partial charge is 0.229 e. The highest BCUT2D eigenvalue weighted by Gasteiger charge is 2.31. The van der Waals surface area contributed by atoms with Gasteiger partial charge < -0.3 is 20.7 Å². The van der Waals surface area contributed by atoms with E-state index in [0.717, 1.165) is 43.8 Å². The van der Waals surface area contributed by atoms with Crippen molar-refractivity contribution in [2.45, 2.75) is 89.1 Å². The van der Waals surface area contributed by atoms with E-state index in [-0.39, 0.29) is 28.0 Å². The monoisotopic (exact) mass is 587 g/mol. The minimum atomic E-state index is -3.66. The number of sulfone groups is 1. The molecule has 0 saturated carbocycles. The van der Waals surface area contributed by atoms with Crippen LogP contribution in [0.3, 0.4) is 0 Å². The molecule has 1 fully saturated rings. The van der Waals surface area contributed by atoms with Gasteiger partial charge in [-0.15, -0.1) is 0 Å². The van der Waals surface area contributed by atoms with Gasteiger partial charge in [0.1, 0.15) is 16.9 Å². The number of nitrogens with zero attached hydrogens (tertiary/aromatic N) is 4. The standard InChI is InChI=1S/C28H38ClN7O3S/c1-15(2)36-14-23(27(35-36)40(37,38)16(3)4)32-26-21(29)13-31-28(34-26)33-22-11-17(5)24(19-7-9-30-10-8-19)20-12-18(6)39-25(20)22/h11,13-16,18-19,30H,7-10,12H2,1-6H3,(H2,31,32,33,34). The average Bonchev–Trinajstić information content (AvgIpc) is 3.51. The van der Waals surface area contributed by atoms with Gasteiger partial charge in [-0.05, 0) is 90.6 Å². The fourth-order valence-corrected chi connectivity index (χ4v) is 6.65. The van der Waals surface area contributed by atoms with Gasteiger partial charge in [0.25, 0.3) is 0 Å². The van der Waals surface area contributed by atoms with E-state index in [2.05, 4.69) is 50.9 Å². The summed E-state index contributed by atoms with van der Waals surface area (Å²) >= 11 is 6.47. The lowest BCUT2D eigenvalue weighted by atomic mass is 9.83. The Labute approximate surface area is 241 Å². The first kappa shape index (κ1) is 28.6. The Kier molecular flexibility index (Phi) is 8.00. The molecule has 0 aliphatic carbocycles. The molecule has 3 N–H and O–H groups in total. The van der Waals surface area contributed by atoms with E-state index in [1.807, 2.05) is 13.8 Å². The third kappa shape index (κ3) is 5.51. The first-order chi connectivity index (χ1) is 19.0. The Morgan fingerprint density at radius 2 is 1.88 bits per heavy atom. The molecule has 40 heavy (non-hydrogen) atoms. The van der Waals surface area contributed by atoms with E-state index in [4.69, 9.17) is 16.3 Å². The number of anilines is 4. The van der Waals surface area contributed by atoms with Crippen LogP contribution >= 0.6 is 11.6 Å². The SMILES string of the molecule is Cc1cc(Nc2ncc(Cl)c(Nc3cn(C(C)C)nc3S(=O)(=O)C(C)C)n2)c2c(c1C1CCNCC1)CC(C)O2. The quantitative estimate of drug-likeness (QED) is 0.305. The molecule has 1 aromatic carbocycles. The normalized spacial score (nSPS) is 17.8. The summed E-state index contributed by atoms with van der Waals surface area (Å²) in [6.07, 6.45) is 6.34. The molecule has 10 nitrogen and oxygen atoms in total. The minimum Gasteiger partial charge on any atom is -0.488 e. The number of nitrogens with one attached hydrogen (secondary N) is 3. The van der Waals surface area contributed by atoms with Crippen LogP contribution < -0.4 is 20.7 Å². The van der Waals surface area contributed by atoms with Gasteiger partial charge in [0.05, 0.1) is 29.0 Å². The minimum absolute atomic E-state index is 0.0321. The fourth-order valence-electron chi connectivity index (χ4n) is 5.44. The largest absolute Gasteiger partial charge is 0.488 e. The predicted octanol–water partition coefficient (Wildman–Crippen LogP) is 5.68. The molecule has 12 heteroatoms.